The van der Waals surface area contributed by atoms with Gasteiger partial charge in [0, 0.05) is 16.6 Å². The van der Waals surface area contributed by atoms with Gasteiger partial charge < -0.3 is 10.6 Å². The van der Waals surface area contributed by atoms with Crippen LogP contribution in [0.1, 0.15) is 29.3 Å². The summed E-state index contributed by atoms with van der Waals surface area (Å²) in [5.41, 5.74) is 1.62. The van der Waals surface area contributed by atoms with Crippen LogP contribution >= 0.6 is 15.9 Å². The molecule has 1 heterocycles. The van der Waals surface area contributed by atoms with E-state index in [1.807, 2.05) is 25.1 Å². The molecule has 1 aromatic rings. The molecule has 0 radical (unpaired) electrons. The number of aryl methyl sites for hydroxylation is 1. The maximum Gasteiger partial charge on any atom is 0.252 e. The third-order valence-electron chi connectivity index (χ3n) is 3.23. The Kier molecular flexibility index (Phi) is 3.54. The summed E-state index contributed by atoms with van der Waals surface area (Å²) in [6.45, 7) is 5.84. The topological polar surface area (TPSA) is 41.1 Å². The first-order valence-electron chi connectivity index (χ1n) is 5.80. The van der Waals surface area contributed by atoms with E-state index < -0.39 is 0 Å². The van der Waals surface area contributed by atoms with Gasteiger partial charge >= 0.3 is 0 Å². The number of benzene rings is 1. The Morgan fingerprint density at radius 1 is 1.53 bits per heavy atom. The first-order chi connectivity index (χ1) is 8.00. The van der Waals surface area contributed by atoms with Crippen molar-refractivity contribution in [2.24, 2.45) is 0 Å². The summed E-state index contributed by atoms with van der Waals surface area (Å²) in [6.07, 6.45) is 0.978. The molecule has 4 heteroatoms. The van der Waals surface area contributed by atoms with Gasteiger partial charge in [-0.05, 0) is 44.5 Å². The van der Waals surface area contributed by atoms with Gasteiger partial charge in [-0.1, -0.05) is 22.0 Å². The van der Waals surface area contributed by atoms with Gasteiger partial charge in [0.15, 0.2) is 0 Å². The van der Waals surface area contributed by atoms with Gasteiger partial charge in [0.2, 0.25) is 0 Å². The van der Waals surface area contributed by atoms with Gasteiger partial charge in [-0.3, -0.25) is 4.79 Å². The minimum absolute atomic E-state index is 0.00926. The quantitative estimate of drug-likeness (QED) is 0.879. The molecule has 2 rings (SSSR count). The molecular formula is C13H17BrN2O. The molecule has 0 bridgehead atoms. The zero-order valence-electron chi connectivity index (χ0n) is 10.1. The Balaban J connectivity index is 2.17. The zero-order chi connectivity index (χ0) is 12.5. The van der Waals surface area contributed by atoms with E-state index in [2.05, 4.69) is 33.5 Å². The van der Waals surface area contributed by atoms with Crippen molar-refractivity contribution < 1.29 is 4.79 Å². The highest BCUT2D eigenvalue weighted by atomic mass is 79.9. The lowest BCUT2D eigenvalue weighted by Crippen LogP contribution is -2.47. The predicted molar refractivity (Wildman–Crippen MR) is 72.2 cm³/mol. The molecule has 1 aromatic carbocycles. The summed E-state index contributed by atoms with van der Waals surface area (Å²) in [5, 5.41) is 6.39. The van der Waals surface area contributed by atoms with Gasteiger partial charge in [0.25, 0.3) is 5.91 Å². The summed E-state index contributed by atoms with van der Waals surface area (Å²) < 4.78 is 0.933. The Bertz CT molecular complexity index is 439. The van der Waals surface area contributed by atoms with Gasteiger partial charge in [0.1, 0.15) is 0 Å². The lowest BCUT2D eigenvalue weighted by atomic mass is 10.00. The SMILES string of the molecule is Cc1ccc(Br)cc1C(=O)NC1(C)CCNC1. The Labute approximate surface area is 110 Å². The summed E-state index contributed by atoms with van der Waals surface area (Å²) in [4.78, 5) is 12.2. The van der Waals surface area contributed by atoms with Gasteiger partial charge in [0.05, 0.1) is 5.54 Å². The number of carbonyl (C=O) groups is 1. The first-order valence-corrected chi connectivity index (χ1v) is 6.59. The monoisotopic (exact) mass is 296 g/mol. The third-order valence-corrected chi connectivity index (χ3v) is 3.72. The molecule has 0 saturated carbocycles. The molecule has 17 heavy (non-hydrogen) atoms. The molecule has 1 saturated heterocycles. The van der Waals surface area contributed by atoms with Gasteiger partial charge in [-0.15, -0.1) is 0 Å². The summed E-state index contributed by atoms with van der Waals surface area (Å²) in [7, 11) is 0. The second kappa shape index (κ2) is 4.78. The number of hydrogen-bond acceptors (Lipinski definition) is 2. The highest BCUT2D eigenvalue weighted by molar-refractivity contribution is 9.10. The van der Waals surface area contributed by atoms with E-state index in [-0.39, 0.29) is 11.4 Å². The highest BCUT2D eigenvalue weighted by Gasteiger charge is 2.30. The van der Waals surface area contributed by atoms with E-state index in [9.17, 15) is 4.79 Å². The van der Waals surface area contributed by atoms with Crippen LogP contribution in [0.15, 0.2) is 22.7 Å². The van der Waals surface area contributed by atoms with Crippen molar-refractivity contribution in [3.63, 3.8) is 0 Å². The number of amides is 1. The molecule has 1 fully saturated rings. The fourth-order valence-electron chi connectivity index (χ4n) is 2.10. The van der Waals surface area contributed by atoms with Gasteiger partial charge in [-0.25, -0.2) is 0 Å². The van der Waals surface area contributed by atoms with E-state index in [1.165, 1.54) is 0 Å². The zero-order valence-corrected chi connectivity index (χ0v) is 11.7. The van der Waals surface area contributed by atoms with E-state index in [4.69, 9.17) is 0 Å². The molecule has 2 N–H and O–H groups in total. The van der Waals surface area contributed by atoms with E-state index in [0.29, 0.717) is 0 Å². The molecule has 1 aliphatic heterocycles. The molecule has 0 spiro atoms. The lowest BCUT2D eigenvalue weighted by Gasteiger charge is -2.25. The van der Waals surface area contributed by atoms with Crippen LogP contribution in [0.2, 0.25) is 0 Å². The molecular weight excluding hydrogens is 280 g/mol. The normalized spacial score (nSPS) is 23.7. The largest absolute Gasteiger partial charge is 0.346 e. The second-order valence-electron chi connectivity index (χ2n) is 4.90. The second-order valence-corrected chi connectivity index (χ2v) is 5.82. The molecule has 1 unspecified atom stereocenters. The molecule has 92 valence electrons. The summed E-state index contributed by atoms with van der Waals surface area (Å²) in [6, 6.07) is 5.77. The van der Waals surface area contributed by atoms with Crippen LogP contribution in [0.5, 0.6) is 0 Å². The maximum absolute atomic E-state index is 12.2. The number of hydrogen-bond donors (Lipinski definition) is 2. The minimum Gasteiger partial charge on any atom is -0.346 e. The van der Waals surface area contributed by atoms with Gasteiger partial charge in [-0.2, -0.15) is 0 Å². The van der Waals surface area contributed by atoms with E-state index in [0.717, 1.165) is 35.1 Å². The minimum atomic E-state index is -0.119. The van der Waals surface area contributed by atoms with Crippen molar-refractivity contribution in [3.8, 4) is 0 Å². The molecule has 0 aromatic heterocycles. The third kappa shape index (κ3) is 2.87. The van der Waals surface area contributed by atoms with Crippen LogP contribution in [-0.4, -0.2) is 24.5 Å². The average molecular weight is 297 g/mol. The van der Waals surface area contributed by atoms with Crippen LogP contribution in [-0.2, 0) is 0 Å². The smallest absolute Gasteiger partial charge is 0.252 e. The predicted octanol–water partition coefficient (Wildman–Crippen LogP) is 2.24. The molecule has 3 nitrogen and oxygen atoms in total. The molecule has 1 amide bonds. The Hall–Kier alpha value is -0.870. The fourth-order valence-corrected chi connectivity index (χ4v) is 2.46. The average Bonchev–Trinajstić information content (AvgIpc) is 2.68. The standard InChI is InChI=1S/C13H17BrN2O/c1-9-3-4-10(14)7-11(9)12(17)16-13(2)5-6-15-8-13/h3-4,7,15H,5-6,8H2,1-2H3,(H,16,17). The fraction of sp³-hybridized carbons (Fsp3) is 0.462. The van der Waals surface area contributed by atoms with Crippen molar-refractivity contribution >= 4 is 21.8 Å². The lowest BCUT2D eigenvalue weighted by molar-refractivity contribution is 0.0912. The highest BCUT2D eigenvalue weighted by Crippen LogP contribution is 2.19. The van der Waals surface area contributed by atoms with Crippen LogP contribution < -0.4 is 10.6 Å². The summed E-state index contributed by atoms with van der Waals surface area (Å²) >= 11 is 3.40. The van der Waals surface area contributed by atoms with Crippen molar-refractivity contribution in [2.45, 2.75) is 25.8 Å². The van der Waals surface area contributed by atoms with Crippen molar-refractivity contribution in [3.05, 3.63) is 33.8 Å². The van der Waals surface area contributed by atoms with Crippen molar-refractivity contribution in [1.82, 2.24) is 10.6 Å². The van der Waals surface area contributed by atoms with Crippen LogP contribution in [0, 0.1) is 6.92 Å². The van der Waals surface area contributed by atoms with Crippen molar-refractivity contribution in [2.75, 3.05) is 13.1 Å². The van der Waals surface area contributed by atoms with E-state index in [1.54, 1.807) is 0 Å². The van der Waals surface area contributed by atoms with Crippen LogP contribution in [0.25, 0.3) is 0 Å². The Morgan fingerprint density at radius 3 is 2.94 bits per heavy atom. The molecule has 1 atom stereocenters. The Morgan fingerprint density at radius 2 is 2.29 bits per heavy atom. The maximum atomic E-state index is 12.2. The van der Waals surface area contributed by atoms with Crippen molar-refractivity contribution in [1.29, 1.82) is 0 Å². The summed E-state index contributed by atoms with van der Waals surface area (Å²) in [5.74, 6) is 0.00926. The van der Waals surface area contributed by atoms with Crippen LogP contribution in [0.3, 0.4) is 0 Å². The number of nitrogens with one attached hydrogen (secondary N) is 2. The number of rotatable bonds is 2. The van der Waals surface area contributed by atoms with E-state index >= 15 is 0 Å². The first kappa shape index (κ1) is 12.6. The molecule has 0 aliphatic carbocycles. The molecule has 1 aliphatic rings. The number of carbonyl (C=O) groups excluding carboxylic acids is 1. The number of halogens is 1. The van der Waals surface area contributed by atoms with Crippen LogP contribution in [0.4, 0.5) is 0 Å².